The highest BCUT2D eigenvalue weighted by Gasteiger charge is 2.10. The van der Waals surface area contributed by atoms with Gasteiger partial charge in [0.1, 0.15) is 0 Å². The summed E-state index contributed by atoms with van der Waals surface area (Å²) in [6.45, 7) is 5.04. The molecule has 1 atom stereocenters. The Morgan fingerprint density at radius 1 is 1.41 bits per heavy atom. The van der Waals surface area contributed by atoms with Gasteiger partial charge >= 0.3 is 0 Å². The monoisotopic (exact) mass is 238 g/mol. The highest BCUT2D eigenvalue weighted by Crippen LogP contribution is 2.11. The molecule has 1 aromatic heterocycles. The van der Waals surface area contributed by atoms with Gasteiger partial charge in [-0.1, -0.05) is 13.0 Å². The maximum absolute atomic E-state index is 5.57. The number of nitrogens with one attached hydrogen (secondary N) is 1. The van der Waals surface area contributed by atoms with Crippen molar-refractivity contribution in [2.24, 2.45) is 0 Å². The Labute approximate surface area is 103 Å². The lowest BCUT2D eigenvalue weighted by atomic mass is 10.1. The molecule has 1 unspecified atom stereocenters. The van der Waals surface area contributed by atoms with Crippen LogP contribution < -0.4 is 5.32 Å². The highest BCUT2D eigenvalue weighted by atomic mass is 16.5. The molecule has 0 amide bonds. The quantitative estimate of drug-likeness (QED) is 0.666. The molecule has 0 bridgehead atoms. The van der Waals surface area contributed by atoms with Crippen LogP contribution in [0.2, 0.25) is 0 Å². The minimum absolute atomic E-state index is 0.209. The van der Waals surface area contributed by atoms with E-state index in [1.165, 1.54) is 5.56 Å². The second-order valence-electron chi connectivity index (χ2n) is 3.86. The third-order valence-corrected chi connectivity index (χ3v) is 2.44. The molecule has 0 saturated heterocycles. The van der Waals surface area contributed by atoms with E-state index in [2.05, 4.69) is 23.3 Å². The Balaban J connectivity index is 2.43. The van der Waals surface area contributed by atoms with Crippen molar-refractivity contribution in [3.8, 4) is 0 Å². The largest absolute Gasteiger partial charge is 0.382 e. The lowest BCUT2D eigenvalue weighted by Gasteiger charge is -2.18. The fraction of sp³-hybridized carbons (Fsp3) is 0.615. The summed E-state index contributed by atoms with van der Waals surface area (Å²) in [6.07, 6.45) is 4.77. The average Bonchev–Trinajstić information content (AvgIpc) is 2.39. The molecule has 96 valence electrons. The van der Waals surface area contributed by atoms with Crippen LogP contribution >= 0.6 is 0 Å². The zero-order valence-corrected chi connectivity index (χ0v) is 10.7. The van der Waals surface area contributed by atoms with Crippen LogP contribution in [-0.2, 0) is 9.47 Å². The van der Waals surface area contributed by atoms with E-state index in [1.807, 2.05) is 12.3 Å². The summed E-state index contributed by atoms with van der Waals surface area (Å²) >= 11 is 0. The standard InChI is InChI=1S/C13H22N2O2/c1-3-6-15-13(11-17-9-8-16-2)12-5-4-7-14-10-12/h4-5,7,10,13,15H,3,6,8-9,11H2,1-2H3. The van der Waals surface area contributed by atoms with Crippen molar-refractivity contribution in [3.05, 3.63) is 30.1 Å². The number of hydrogen-bond donors (Lipinski definition) is 1. The second-order valence-corrected chi connectivity index (χ2v) is 3.86. The van der Waals surface area contributed by atoms with Gasteiger partial charge in [-0.2, -0.15) is 0 Å². The van der Waals surface area contributed by atoms with Crippen molar-refractivity contribution in [2.75, 3.05) is 33.5 Å². The molecule has 1 rings (SSSR count). The Morgan fingerprint density at radius 3 is 2.94 bits per heavy atom. The van der Waals surface area contributed by atoms with Gasteiger partial charge in [0, 0.05) is 19.5 Å². The van der Waals surface area contributed by atoms with Gasteiger partial charge in [0.15, 0.2) is 0 Å². The fourth-order valence-corrected chi connectivity index (χ4v) is 1.52. The summed E-state index contributed by atoms with van der Waals surface area (Å²) in [5.41, 5.74) is 1.17. The molecule has 1 N–H and O–H groups in total. The first-order chi connectivity index (χ1) is 8.38. The molecular weight excluding hydrogens is 216 g/mol. The van der Waals surface area contributed by atoms with E-state index < -0.39 is 0 Å². The summed E-state index contributed by atoms with van der Waals surface area (Å²) in [7, 11) is 1.68. The molecule has 1 heterocycles. The van der Waals surface area contributed by atoms with Crippen molar-refractivity contribution in [1.82, 2.24) is 10.3 Å². The molecular formula is C13H22N2O2. The zero-order valence-electron chi connectivity index (χ0n) is 10.7. The number of methoxy groups -OCH3 is 1. The Morgan fingerprint density at radius 2 is 2.29 bits per heavy atom. The number of pyridine rings is 1. The van der Waals surface area contributed by atoms with Gasteiger partial charge in [-0.05, 0) is 24.6 Å². The van der Waals surface area contributed by atoms with Crippen molar-refractivity contribution >= 4 is 0 Å². The number of aromatic nitrogens is 1. The Bertz CT molecular complexity index is 280. The normalized spacial score (nSPS) is 12.6. The first-order valence-corrected chi connectivity index (χ1v) is 6.08. The predicted molar refractivity (Wildman–Crippen MR) is 68.0 cm³/mol. The van der Waals surface area contributed by atoms with Gasteiger partial charge in [0.25, 0.3) is 0 Å². The van der Waals surface area contributed by atoms with Gasteiger partial charge in [0.05, 0.1) is 25.9 Å². The lowest BCUT2D eigenvalue weighted by Crippen LogP contribution is -2.27. The van der Waals surface area contributed by atoms with Crippen LogP contribution in [-0.4, -0.2) is 38.5 Å². The van der Waals surface area contributed by atoms with E-state index in [1.54, 1.807) is 13.3 Å². The molecule has 0 radical (unpaired) electrons. The van der Waals surface area contributed by atoms with Crippen molar-refractivity contribution in [3.63, 3.8) is 0 Å². The number of hydrogen-bond acceptors (Lipinski definition) is 4. The summed E-state index contributed by atoms with van der Waals surface area (Å²) in [4.78, 5) is 4.14. The van der Waals surface area contributed by atoms with Crippen molar-refractivity contribution < 1.29 is 9.47 Å². The van der Waals surface area contributed by atoms with Crippen LogP contribution in [0.1, 0.15) is 24.9 Å². The van der Waals surface area contributed by atoms with Gasteiger partial charge in [-0.3, -0.25) is 4.98 Å². The van der Waals surface area contributed by atoms with Crippen molar-refractivity contribution in [2.45, 2.75) is 19.4 Å². The van der Waals surface area contributed by atoms with E-state index in [0.29, 0.717) is 19.8 Å². The smallest absolute Gasteiger partial charge is 0.0701 e. The Hall–Kier alpha value is -0.970. The predicted octanol–water partition coefficient (Wildman–Crippen LogP) is 1.79. The number of nitrogens with zero attached hydrogens (tertiary/aromatic N) is 1. The molecule has 0 aromatic carbocycles. The van der Waals surface area contributed by atoms with Crippen LogP contribution in [0.15, 0.2) is 24.5 Å². The summed E-state index contributed by atoms with van der Waals surface area (Å²) in [6, 6.07) is 4.23. The average molecular weight is 238 g/mol. The fourth-order valence-electron chi connectivity index (χ4n) is 1.52. The van der Waals surface area contributed by atoms with Gasteiger partial charge in [-0.25, -0.2) is 0 Å². The third-order valence-electron chi connectivity index (χ3n) is 2.44. The van der Waals surface area contributed by atoms with Gasteiger partial charge in [0.2, 0.25) is 0 Å². The van der Waals surface area contributed by atoms with Gasteiger partial charge in [-0.15, -0.1) is 0 Å². The topological polar surface area (TPSA) is 43.4 Å². The summed E-state index contributed by atoms with van der Waals surface area (Å²) in [5, 5.41) is 3.46. The van der Waals surface area contributed by atoms with Crippen LogP contribution in [0.25, 0.3) is 0 Å². The molecule has 4 nitrogen and oxygen atoms in total. The Kier molecular flexibility index (Phi) is 7.54. The molecule has 0 fully saturated rings. The zero-order chi connectivity index (χ0) is 12.3. The van der Waals surface area contributed by atoms with Crippen LogP contribution in [0.3, 0.4) is 0 Å². The molecule has 4 heteroatoms. The second kappa shape index (κ2) is 9.10. The molecule has 0 spiro atoms. The first-order valence-electron chi connectivity index (χ1n) is 6.08. The van der Waals surface area contributed by atoms with Crippen LogP contribution in [0.5, 0.6) is 0 Å². The van der Waals surface area contributed by atoms with E-state index >= 15 is 0 Å². The van der Waals surface area contributed by atoms with Gasteiger partial charge < -0.3 is 14.8 Å². The number of ether oxygens (including phenoxy) is 2. The molecule has 17 heavy (non-hydrogen) atoms. The molecule has 0 aliphatic rings. The SMILES string of the molecule is CCCNC(COCCOC)c1cccnc1. The minimum atomic E-state index is 0.209. The van der Waals surface area contributed by atoms with E-state index in [0.717, 1.165) is 13.0 Å². The van der Waals surface area contributed by atoms with E-state index in [9.17, 15) is 0 Å². The summed E-state index contributed by atoms with van der Waals surface area (Å²) < 4.78 is 10.5. The van der Waals surface area contributed by atoms with Crippen LogP contribution in [0, 0.1) is 0 Å². The molecule has 0 aliphatic heterocycles. The lowest BCUT2D eigenvalue weighted by molar-refractivity contribution is 0.0585. The van der Waals surface area contributed by atoms with Crippen molar-refractivity contribution in [1.29, 1.82) is 0 Å². The highest BCUT2D eigenvalue weighted by molar-refractivity contribution is 5.13. The molecule has 0 aliphatic carbocycles. The third kappa shape index (κ3) is 5.77. The maximum Gasteiger partial charge on any atom is 0.0701 e. The number of rotatable bonds is 9. The van der Waals surface area contributed by atoms with E-state index in [-0.39, 0.29) is 6.04 Å². The maximum atomic E-state index is 5.57. The molecule has 1 aromatic rings. The minimum Gasteiger partial charge on any atom is -0.382 e. The molecule has 0 saturated carbocycles. The first kappa shape index (κ1) is 14.1. The van der Waals surface area contributed by atoms with Crippen LogP contribution in [0.4, 0.5) is 0 Å². The summed E-state index contributed by atoms with van der Waals surface area (Å²) in [5.74, 6) is 0. The van der Waals surface area contributed by atoms with E-state index in [4.69, 9.17) is 9.47 Å².